The Morgan fingerprint density at radius 2 is 1.90 bits per heavy atom. The van der Waals surface area contributed by atoms with E-state index in [0.717, 1.165) is 15.7 Å². The molecule has 0 aliphatic rings. The third-order valence-corrected chi connectivity index (χ3v) is 3.37. The first kappa shape index (κ1) is 15.4. The van der Waals surface area contributed by atoms with E-state index in [0.29, 0.717) is 10.7 Å². The number of aryl methyl sites for hydroxylation is 1. The van der Waals surface area contributed by atoms with Crippen molar-refractivity contribution < 1.29 is 4.79 Å². The van der Waals surface area contributed by atoms with Crippen LogP contribution in [0.4, 0.5) is 5.69 Å². The molecule has 0 radical (unpaired) electrons. The monoisotopic (exact) mass is 364 g/mol. The normalized spacial score (nSPS) is 9.81. The highest BCUT2D eigenvalue weighted by molar-refractivity contribution is 9.10. The van der Waals surface area contributed by atoms with Crippen molar-refractivity contribution in [2.75, 3.05) is 5.32 Å². The molecule has 7 heteroatoms. The Hall–Kier alpha value is -1.99. The zero-order valence-electron chi connectivity index (χ0n) is 11.2. The topological polar surface area (TPSA) is 66.0 Å². The van der Waals surface area contributed by atoms with Gasteiger partial charge in [0.15, 0.2) is 5.11 Å². The molecule has 1 heterocycles. The van der Waals surface area contributed by atoms with Gasteiger partial charge in [0.25, 0.3) is 5.91 Å². The maximum absolute atomic E-state index is 11.8. The van der Waals surface area contributed by atoms with Gasteiger partial charge >= 0.3 is 0 Å². The summed E-state index contributed by atoms with van der Waals surface area (Å²) >= 11 is 8.54. The predicted molar refractivity (Wildman–Crippen MR) is 89.9 cm³/mol. The molecule has 1 amide bonds. The predicted octanol–water partition coefficient (Wildman–Crippen LogP) is 2.78. The van der Waals surface area contributed by atoms with Gasteiger partial charge in [-0.1, -0.05) is 15.9 Å². The molecular weight excluding hydrogens is 352 g/mol. The Bertz CT molecular complexity index is 663. The fourth-order valence-electron chi connectivity index (χ4n) is 1.61. The number of hydrazine groups is 1. The van der Waals surface area contributed by atoms with E-state index in [2.05, 4.69) is 37.1 Å². The molecule has 1 aromatic heterocycles. The van der Waals surface area contributed by atoms with E-state index in [-0.39, 0.29) is 5.91 Å². The van der Waals surface area contributed by atoms with Gasteiger partial charge in [-0.3, -0.25) is 20.6 Å². The lowest BCUT2D eigenvalue weighted by molar-refractivity contribution is 0.0944. The van der Waals surface area contributed by atoms with Gasteiger partial charge in [-0.25, -0.2) is 0 Å². The standard InChI is InChI=1S/C14H13BrN4OS/c1-9-8-11(15)2-3-12(9)17-14(21)19-18-13(20)10-4-6-16-7-5-10/h2-8H,1H3,(H,18,20)(H2,17,19,21). The molecule has 0 fully saturated rings. The van der Waals surface area contributed by atoms with Crippen molar-refractivity contribution in [1.29, 1.82) is 0 Å². The molecule has 5 nitrogen and oxygen atoms in total. The van der Waals surface area contributed by atoms with E-state index < -0.39 is 0 Å². The number of amides is 1. The van der Waals surface area contributed by atoms with Crippen LogP contribution in [-0.2, 0) is 0 Å². The second-order valence-electron chi connectivity index (χ2n) is 4.23. The molecule has 2 aromatic rings. The van der Waals surface area contributed by atoms with Gasteiger partial charge in [0, 0.05) is 28.1 Å². The first-order valence-corrected chi connectivity index (χ1v) is 7.30. The quantitative estimate of drug-likeness (QED) is 0.564. The van der Waals surface area contributed by atoms with Crippen LogP contribution < -0.4 is 16.2 Å². The summed E-state index contributed by atoms with van der Waals surface area (Å²) < 4.78 is 0.996. The van der Waals surface area contributed by atoms with Gasteiger partial charge in [-0.2, -0.15) is 0 Å². The smallest absolute Gasteiger partial charge is 0.269 e. The Balaban J connectivity index is 1.89. The van der Waals surface area contributed by atoms with Crippen LogP contribution >= 0.6 is 28.1 Å². The Morgan fingerprint density at radius 1 is 1.19 bits per heavy atom. The molecule has 1 aromatic carbocycles. The largest absolute Gasteiger partial charge is 0.331 e. The maximum atomic E-state index is 11.8. The number of nitrogens with one attached hydrogen (secondary N) is 3. The number of nitrogens with zero attached hydrogens (tertiary/aromatic N) is 1. The van der Waals surface area contributed by atoms with Crippen LogP contribution in [0.2, 0.25) is 0 Å². The van der Waals surface area contributed by atoms with Crippen LogP contribution in [0.25, 0.3) is 0 Å². The average molecular weight is 365 g/mol. The minimum atomic E-state index is -0.283. The molecule has 0 atom stereocenters. The minimum Gasteiger partial charge on any atom is -0.331 e. The molecular formula is C14H13BrN4OS. The van der Waals surface area contributed by atoms with E-state index in [4.69, 9.17) is 12.2 Å². The molecule has 0 spiro atoms. The van der Waals surface area contributed by atoms with Crippen LogP contribution in [0, 0.1) is 6.92 Å². The van der Waals surface area contributed by atoms with Gasteiger partial charge in [-0.05, 0) is 55.0 Å². The number of hydrogen-bond acceptors (Lipinski definition) is 3. The molecule has 108 valence electrons. The lowest BCUT2D eigenvalue weighted by Gasteiger charge is -2.13. The lowest BCUT2D eigenvalue weighted by atomic mass is 10.2. The van der Waals surface area contributed by atoms with Crippen molar-refractivity contribution >= 4 is 44.9 Å². The van der Waals surface area contributed by atoms with E-state index in [1.807, 2.05) is 25.1 Å². The summed E-state index contributed by atoms with van der Waals surface area (Å²) in [6.07, 6.45) is 3.10. The average Bonchev–Trinajstić information content (AvgIpc) is 2.48. The van der Waals surface area contributed by atoms with Crippen LogP contribution in [0.15, 0.2) is 47.2 Å². The van der Waals surface area contributed by atoms with Crippen molar-refractivity contribution in [1.82, 2.24) is 15.8 Å². The fraction of sp³-hybridized carbons (Fsp3) is 0.0714. The van der Waals surface area contributed by atoms with Crippen molar-refractivity contribution in [3.05, 3.63) is 58.3 Å². The summed E-state index contributed by atoms with van der Waals surface area (Å²) in [6, 6.07) is 9.02. The van der Waals surface area contributed by atoms with Crippen molar-refractivity contribution in [2.24, 2.45) is 0 Å². The first-order valence-electron chi connectivity index (χ1n) is 6.10. The van der Waals surface area contributed by atoms with Crippen molar-refractivity contribution in [3.63, 3.8) is 0 Å². The van der Waals surface area contributed by atoms with E-state index in [9.17, 15) is 4.79 Å². The molecule has 0 saturated carbocycles. The molecule has 0 saturated heterocycles. The number of pyridine rings is 1. The van der Waals surface area contributed by atoms with Crippen LogP contribution in [-0.4, -0.2) is 16.0 Å². The number of rotatable bonds is 2. The van der Waals surface area contributed by atoms with Crippen molar-refractivity contribution in [2.45, 2.75) is 6.92 Å². The van der Waals surface area contributed by atoms with Crippen molar-refractivity contribution in [3.8, 4) is 0 Å². The van der Waals surface area contributed by atoms with Gasteiger partial charge in [0.2, 0.25) is 0 Å². The summed E-state index contributed by atoms with van der Waals surface area (Å²) in [5, 5.41) is 3.32. The SMILES string of the molecule is Cc1cc(Br)ccc1NC(=S)NNC(=O)c1ccncc1. The zero-order chi connectivity index (χ0) is 15.2. The molecule has 0 unspecified atom stereocenters. The molecule has 2 rings (SSSR count). The van der Waals surface area contributed by atoms with E-state index >= 15 is 0 Å². The van der Waals surface area contributed by atoms with Gasteiger partial charge < -0.3 is 5.32 Å². The zero-order valence-corrected chi connectivity index (χ0v) is 13.6. The number of carbonyl (C=O) groups excluding carboxylic acids is 1. The number of hydrogen-bond donors (Lipinski definition) is 3. The number of carbonyl (C=O) groups is 1. The van der Waals surface area contributed by atoms with Gasteiger partial charge in [0.1, 0.15) is 0 Å². The van der Waals surface area contributed by atoms with Gasteiger partial charge in [-0.15, -0.1) is 0 Å². The second-order valence-corrected chi connectivity index (χ2v) is 5.55. The number of halogens is 1. The Kier molecular flexibility index (Phi) is 5.24. The summed E-state index contributed by atoms with van der Waals surface area (Å²) in [7, 11) is 0. The number of aromatic nitrogens is 1. The highest BCUT2D eigenvalue weighted by Gasteiger charge is 2.06. The number of thiocarbonyl (C=S) groups is 1. The summed E-state index contributed by atoms with van der Waals surface area (Å²) in [4.78, 5) is 15.7. The molecule has 0 aliphatic heterocycles. The molecule has 21 heavy (non-hydrogen) atoms. The summed E-state index contributed by atoms with van der Waals surface area (Å²) in [5.41, 5.74) is 7.59. The number of anilines is 1. The lowest BCUT2D eigenvalue weighted by Crippen LogP contribution is -2.43. The fourth-order valence-corrected chi connectivity index (χ4v) is 2.25. The van der Waals surface area contributed by atoms with Crippen LogP contribution in [0.3, 0.4) is 0 Å². The Labute approximate surface area is 136 Å². The third-order valence-electron chi connectivity index (χ3n) is 2.67. The molecule has 0 aliphatic carbocycles. The highest BCUT2D eigenvalue weighted by Crippen LogP contribution is 2.19. The summed E-state index contributed by atoms with van der Waals surface area (Å²) in [6.45, 7) is 1.96. The van der Waals surface area contributed by atoms with Crippen LogP contribution in [0.1, 0.15) is 15.9 Å². The number of benzene rings is 1. The van der Waals surface area contributed by atoms with Crippen LogP contribution in [0.5, 0.6) is 0 Å². The Morgan fingerprint density at radius 3 is 2.57 bits per heavy atom. The maximum Gasteiger partial charge on any atom is 0.269 e. The first-order chi connectivity index (χ1) is 10.1. The van der Waals surface area contributed by atoms with E-state index in [1.165, 1.54) is 0 Å². The van der Waals surface area contributed by atoms with E-state index in [1.54, 1.807) is 24.5 Å². The minimum absolute atomic E-state index is 0.283. The summed E-state index contributed by atoms with van der Waals surface area (Å²) in [5.74, 6) is -0.283. The third kappa shape index (κ3) is 4.51. The second kappa shape index (κ2) is 7.14. The van der Waals surface area contributed by atoms with Gasteiger partial charge in [0.05, 0.1) is 0 Å². The molecule has 0 bridgehead atoms. The highest BCUT2D eigenvalue weighted by atomic mass is 79.9. The molecule has 3 N–H and O–H groups in total.